The van der Waals surface area contributed by atoms with E-state index in [1.165, 1.54) is 28.0 Å². The summed E-state index contributed by atoms with van der Waals surface area (Å²) in [7, 11) is 1.89. The molecule has 0 aliphatic heterocycles. The molecule has 3 heterocycles. The minimum Gasteiger partial charge on any atom is -0.366 e. The summed E-state index contributed by atoms with van der Waals surface area (Å²) in [6.45, 7) is 0. The number of hydrogen-bond donors (Lipinski definition) is 2. The molecule has 10 heteroatoms. The molecule has 0 unspecified atom stereocenters. The van der Waals surface area contributed by atoms with Crippen molar-refractivity contribution in [2.24, 2.45) is 12.8 Å². The van der Waals surface area contributed by atoms with E-state index in [4.69, 9.17) is 5.73 Å². The van der Waals surface area contributed by atoms with Crippen LogP contribution < -0.4 is 11.1 Å². The third-order valence-corrected chi connectivity index (χ3v) is 7.47. The molecule has 158 valence electrons. The summed E-state index contributed by atoms with van der Waals surface area (Å²) in [5.74, 6) is 0.165. The van der Waals surface area contributed by atoms with Crippen molar-refractivity contribution in [1.82, 2.24) is 14.8 Å². The quantitative estimate of drug-likeness (QED) is 0.379. The van der Waals surface area contributed by atoms with Crippen molar-refractivity contribution in [2.75, 3.05) is 11.1 Å². The van der Waals surface area contributed by atoms with Gasteiger partial charge in [-0.1, -0.05) is 48.2 Å². The smallest absolute Gasteiger partial charge is 0.251 e. The molecule has 0 bridgehead atoms. The zero-order valence-electron chi connectivity index (χ0n) is 16.6. The first-order valence-corrected chi connectivity index (χ1v) is 12.0. The maximum Gasteiger partial charge on any atom is 0.251 e. The Morgan fingerprint density at radius 1 is 1.16 bits per heavy atom. The molecule has 0 spiro atoms. The van der Waals surface area contributed by atoms with Crippen molar-refractivity contribution in [3.05, 3.63) is 70.2 Å². The van der Waals surface area contributed by atoms with E-state index in [-0.39, 0.29) is 11.7 Å². The van der Waals surface area contributed by atoms with E-state index in [0.29, 0.717) is 22.1 Å². The van der Waals surface area contributed by atoms with E-state index >= 15 is 0 Å². The lowest BCUT2D eigenvalue weighted by Gasteiger charge is -2.05. The second-order valence-electron chi connectivity index (χ2n) is 6.63. The van der Waals surface area contributed by atoms with Gasteiger partial charge in [0, 0.05) is 23.2 Å². The number of thiophene rings is 2. The predicted molar refractivity (Wildman–Crippen MR) is 126 cm³/mol. The summed E-state index contributed by atoms with van der Waals surface area (Å²) < 4.78 is 1.89. The first-order chi connectivity index (χ1) is 15.0. The summed E-state index contributed by atoms with van der Waals surface area (Å²) in [6, 6.07) is 15.4. The standard InChI is InChI=1S/C21H19N5O2S3/c1-26-17(10-14-8-5-9-29-14)24-25-21(26)30-12-18(27)23-20-15(19(22)28)11-16(31-20)13-6-3-2-4-7-13/h2-9,11H,10,12H2,1H3,(H2,22,28)(H,23,27). The number of aromatic nitrogens is 3. The van der Waals surface area contributed by atoms with Crippen LogP contribution in [0.3, 0.4) is 0 Å². The number of primary amides is 1. The van der Waals surface area contributed by atoms with Crippen LogP contribution in [0, 0.1) is 0 Å². The summed E-state index contributed by atoms with van der Waals surface area (Å²) >= 11 is 4.29. The Morgan fingerprint density at radius 3 is 2.68 bits per heavy atom. The lowest BCUT2D eigenvalue weighted by atomic mass is 10.1. The molecule has 0 fully saturated rings. The molecule has 0 radical (unpaired) electrons. The van der Waals surface area contributed by atoms with Crippen molar-refractivity contribution >= 4 is 51.3 Å². The van der Waals surface area contributed by atoms with Gasteiger partial charge >= 0.3 is 0 Å². The largest absolute Gasteiger partial charge is 0.366 e. The number of carbonyl (C=O) groups is 2. The number of anilines is 1. The number of thioether (sulfide) groups is 1. The van der Waals surface area contributed by atoms with Gasteiger partial charge in [0.25, 0.3) is 5.91 Å². The molecular weight excluding hydrogens is 450 g/mol. The van der Waals surface area contributed by atoms with Crippen LogP contribution in [0.2, 0.25) is 0 Å². The maximum absolute atomic E-state index is 12.5. The average Bonchev–Trinajstić information content (AvgIpc) is 3.49. The highest BCUT2D eigenvalue weighted by Gasteiger charge is 2.18. The van der Waals surface area contributed by atoms with Crippen molar-refractivity contribution in [3.8, 4) is 10.4 Å². The summed E-state index contributed by atoms with van der Waals surface area (Å²) in [5, 5.41) is 14.4. The summed E-state index contributed by atoms with van der Waals surface area (Å²) in [5.41, 5.74) is 6.78. The normalized spacial score (nSPS) is 10.9. The predicted octanol–water partition coefficient (Wildman–Crippen LogP) is 4.03. The van der Waals surface area contributed by atoms with E-state index in [0.717, 1.165) is 16.3 Å². The molecule has 2 amide bonds. The molecule has 3 N–H and O–H groups in total. The van der Waals surface area contributed by atoms with Crippen LogP contribution in [0.5, 0.6) is 0 Å². The van der Waals surface area contributed by atoms with Gasteiger partial charge in [-0.25, -0.2) is 0 Å². The molecule has 4 aromatic rings. The molecule has 3 aromatic heterocycles. The first-order valence-electron chi connectivity index (χ1n) is 9.33. The van der Waals surface area contributed by atoms with Crippen LogP contribution in [0.15, 0.2) is 59.1 Å². The zero-order chi connectivity index (χ0) is 21.8. The lowest BCUT2D eigenvalue weighted by molar-refractivity contribution is -0.113. The van der Waals surface area contributed by atoms with Crippen molar-refractivity contribution in [3.63, 3.8) is 0 Å². The van der Waals surface area contributed by atoms with Crippen LogP contribution in [0.1, 0.15) is 21.1 Å². The number of hydrogen-bond acceptors (Lipinski definition) is 7. The maximum atomic E-state index is 12.5. The second kappa shape index (κ2) is 9.46. The number of carbonyl (C=O) groups excluding carboxylic acids is 2. The van der Waals surface area contributed by atoms with Gasteiger partial charge in [0.05, 0.1) is 11.3 Å². The molecular formula is C21H19N5O2S3. The molecule has 31 heavy (non-hydrogen) atoms. The van der Waals surface area contributed by atoms with Crippen molar-refractivity contribution < 1.29 is 9.59 Å². The van der Waals surface area contributed by atoms with Crippen molar-refractivity contribution in [2.45, 2.75) is 11.6 Å². The Labute approximate surface area is 191 Å². The Bertz CT molecular complexity index is 1200. The second-order valence-corrected chi connectivity index (χ2v) is 9.66. The van der Waals surface area contributed by atoms with Crippen LogP contribution in [-0.4, -0.2) is 32.3 Å². The number of amides is 2. The molecule has 1 aromatic carbocycles. The first kappa shape index (κ1) is 21.3. The van der Waals surface area contributed by atoms with Crippen LogP contribution in [0.4, 0.5) is 5.00 Å². The third-order valence-electron chi connectivity index (χ3n) is 4.48. The molecule has 0 aliphatic rings. The van der Waals surface area contributed by atoms with E-state index in [9.17, 15) is 9.59 Å². The van der Waals surface area contributed by atoms with Gasteiger partial charge in [0.1, 0.15) is 10.8 Å². The highest BCUT2D eigenvalue weighted by atomic mass is 32.2. The SMILES string of the molecule is Cn1c(Cc2cccs2)nnc1SCC(=O)Nc1sc(-c2ccccc2)cc1C(N)=O. The fraction of sp³-hybridized carbons (Fsp3) is 0.143. The van der Waals surface area contributed by atoms with E-state index in [2.05, 4.69) is 21.6 Å². The van der Waals surface area contributed by atoms with Gasteiger partial charge in [-0.2, -0.15) is 0 Å². The number of rotatable bonds is 8. The molecule has 4 rings (SSSR count). The average molecular weight is 470 g/mol. The highest BCUT2D eigenvalue weighted by Crippen LogP contribution is 2.35. The fourth-order valence-electron chi connectivity index (χ4n) is 2.90. The lowest BCUT2D eigenvalue weighted by Crippen LogP contribution is -2.18. The minimum atomic E-state index is -0.576. The topological polar surface area (TPSA) is 103 Å². The van der Waals surface area contributed by atoms with E-state index in [1.807, 2.05) is 53.4 Å². The van der Waals surface area contributed by atoms with Gasteiger partial charge in [0.15, 0.2) is 5.16 Å². The Balaban J connectivity index is 1.42. The van der Waals surface area contributed by atoms with Crippen LogP contribution in [-0.2, 0) is 18.3 Å². The highest BCUT2D eigenvalue weighted by molar-refractivity contribution is 7.99. The van der Waals surface area contributed by atoms with E-state index < -0.39 is 5.91 Å². The Kier molecular flexibility index (Phi) is 6.50. The van der Waals surface area contributed by atoms with Gasteiger partial charge in [-0.3, -0.25) is 9.59 Å². The molecule has 0 atom stereocenters. The number of benzene rings is 1. The summed E-state index contributed by atoms with van der Waals surface area (Å²) in [6.07, 6.45) is 0.702. The van der Waals surface area contributed by atoms with Crippen molar-refractivity contribution in [1.29, 1.82) is 0 Å². The monoisotopic (exact) mass is 469 g/mol. The third kappa shape index (κ3) is 5.04. The Morgan fingerprint density at radius 2 is 1.97 bits per heavy atom. The molecule has 7 nitrogen and oxygen atoms in total. The number of nitrogens with zero attached hydrogens (tertiary/aromatic N) is 3. The zero-order valence-corrected chi connectivity index (χ0v) is 19.0. The van der Waals surface area contributed by atoms with Gasteiger partial charge in [-0.15, -0.1) is 32.9 Å². The fourth-order valence-corrected chi connectivity index (χ4v) is 5.41. The molecule has 0 saturated heterocycles. The number of nitrogens with two attached hydrogens (primary N) is 1. The minimum absolute atomic E-state index is 0.141. The van der Waals surface area contributed by atoms with E-state index in [1.54, 1.807) is 17.4 Å². The van der Waals surface area contributed by atoms with Crippen LogP contribution >= 0.6 is 34.4 Å². The molecule has 0 aliphatic carbocycles. The van der Waals surface area contributed by atoms with Gasteiger partial charge in [-0.05, 0) is 23.1 Å². The van der Waals surface area contributed by atoms with Gasteiger partial charge in [0.2, 0.25) is 5.91 Å². The molecule has 0 saturated carbocycles. The summed E-state index contributed by atoms with van der Waals surface area (Å²) in [4.78, 5) is 26.5. The Hall–Kier alpha value is -2.95. The van der Waals surface area contributed by atoms with Gasteiger partial charge < -0.3 is 15.6 Å². The van der Waals surface area contributed by atoms with Crippen LogP contribution in [0.25, 0.3) is 10.4 Å². The number of nitrogens with one attached hydrogen (secondary N) is 1.